The molecular weight excluding hydrogens is 361 g/mol. The van der Waals surface area contributed by atoms with Gasteiger partial charge in [-0.25, -0.2) is 0 Å². The number of hydrogen-bond acceptors (Lipinski definition) is 4. The summed E-state index contributed by atoms with van der Waals surface area (Å²) in [6, 6.07) is 13.0. The summed E-state index contributed by atoms with van der Waals surface area (Å²) >= 11 is 12.7. The first-order chi connectivity index (χ1) is 12.1. The molecule has 0 radical (unpaired) electrons. The van der Waals surface area contributed by atoms with Crippen LogP contribution >= 0.6 is 23.2 Å². The zero-order chi connectivity index (χ0) is 17.4. The van der Waals surface area contributed by atoms with E-state index < -0.39 is 6.04 Å². The van der Waals surface area contributed by atoms with Crippen LogP contribution in [-0.2, 0) is 16.1 Å². The van der Waals surface area contributed by atoms with Crippen LogP contribution in [0.25, 0.3) is 0 Å². The van der Waals surface area contributed by atoms with Crippen LogP contribution in [0.5, 0.6) is 0 Å². The van der Waals surface area contributed by atoms with E-state index in [4.69, 9.17) is 27.9 Å². The number of fused-ring (bicyclic) bond motifs is 3. The third-order valence-electron chi connectivity index (χ3n) is 4.48. The molecule has 0 aromatic heterocycles. The Morgan fingerprint density at radius 3 is 2.72 bits per heavy atom. The average molecular weight is 378 g/mol. The number of halogens is 2. The number of carbonyl (C=O) groups excluding carboxylic acids is 1. The average Bonchev–Trinajstić information content (AvgIpc) is 2.64. The number of rotatable bonds is 3. The number of nitrogens with zero attached hydrogens (tertiary/aromatic N) is 1. The van der Waals surface area contributed by atoms with E-state index in [9.17, 15) is 4.79 Å². The zero-order valence-electron chi connectivity index (χ0n) is 13.3. The van der Waals surface area contributed by atoms with E-state index in [-0.39, 0.29) is 12.1 Å². The highest BCUT2D eigenvalue weighted by atomic mass is 35.5. The maximum atomic E-state index is 12.5. The Hall–Kier alpha value is -1.79. The second-order valence-electron chi connectivity index (χ2n) is 6.08. The molecule has 1 saturated heterocycles. The lowest BCUT2D eigenvalue weighted by atomic mass is 10.0. The fraction of sp³-hybridized carbons (Fsp3) is 0.278. The number of ether oxygens (including phenoxy) is 1. The topological polar surface area (TPSA) is 53.6 Å². The molecule has 2 atom stereocenters. The SMILES string of the molecule is O=C1Nc2ccc(Cl)c(Cl)c2N2C(OCc3ccccc3)CNCC12. The Kier molecular flexibility index (Phi) is 4.56. The zero-order valence-corrected chi connectivity index (χ0v) is 14.8. The van der Waals surface area contributed by atoms with Gasteiger partial charge in [0, 0.05) is 13.1 Å². The minimum atomic E-state index is -0.391. The number of hydrogen-bond donors (Lipinski definition) is 2. The molecule has 0 bridgehead atoms. The van der Waals surface area contributed by atoms with Crippen molar-refractivity contribution in [3.05, 3.63) is 58.1 Å². The third-order valence-corrected chi connectivity index (χ3v) is 5.27. The molecule has 2 aliphatic heterocycles. The highest BCUT2D eigenvalue weighted by molar-refractivity contribution is 6.44. The number of benzene rings is 2. The molecule has 7 heteroatoms. The smallest absolute Gasteiger partial charge is 0.248 e. The number of amides is 1. The van der Waals surface area contributed by atoms with E-state index in [0.717, 1.165) is 11.3 Å². The summed E-state index contributed by atoms with van der Waals surface area (Å²) in [5.41, 5.74) is 2.45. The Morgan fingerprint density at radius 2 is 1.92 bits per heavy atom. The van der Waals surface area contributed by atoms with Crippen LogP contribution in [-0.4, -0.2) is 31.3 Å². The van der Waals surface area contributed by atoms with Crippen molar-refractivity contribution in [1.82, 2.24) is 5.32 Å². The predicted molar refractivity (Wildman–Crippen MR) is 99.2 cm³/mol. The lowest BCUT2D eigenvalue weighted by Gasteiger charge is -2.46. The standard InChI is InChI=1S/C18H17Cl2N3O2/c19-12-6-7-13-17(16(12)20)23-14(18(24)22-13)8-21-9-15(23)25-10-11-4-2-1-3-5-11/h1-7,14-15,21H,8-10H2,(H,22,24). The molecule has 5 nitrogen and oxygen atoms in total. The number of carbonyl (C=O) groups is 1. The van der Waals surface area contributed by atoms with Crippen LogP contribution in [0, 0.1) is 0 Å². The molecule has 2 unspecified atom stereocenters. The molecule has 0 aliphatic carbocycles. The van der Waals surface area contributed by atoms with Crippen LogP contribution < -0.4 is 15.5 Å². The van der Waals surface area contributed by atoms with Gasteiger partial charge >= 0.3 is 0 Å². The Bertz CT molecular complexity index is 800. The minimum Gasteiger partial charge on any atom is -0.352 e. The number of anilines is 2. The third kappa shape index (κ3) is 3.09. The summed E-state index contributed by atoms with van der Waals surface area (Å²) in [6.07, 6.45) is -0.320. The summed E-state index contributed by atoms with van der Waals surface area (Å²) in [5, 5.41) is 7.05. The molecule has 2 heterocycles. The molecule has 2 aromatic rings. The second kappa shape index (κ2) is 6.84. The summed E-state index contributed by atoms with van der Waals surface area (Å²) in [5.74, 6) is -0.0774. The van der Waals surface area contributed by atoms with Crippen molar-refractivity contribution >= 4 is 40.5 Å². The van der Waals surface area contributed by atoms with Gasteiger partial charge in [-0.1, -0.05) is 53.5 Å². The van der Waals surface area contributed by atoms with Gasteiger partial charge in [-0.05, 0) is 17.7 Å². The lowest BCUT2D eigenvalue weighted by molar-refractivity contribution is -0.119. The summed E-state index contributed by atoms with van der Waals surface area (Å²) in [4.78, 5) is 14.4. The first-order valence-corrected chi connectivity index (χ1v) is 8.84. The van der Waals surface area contributed by atoms with E-state index >= 15 is 0 Å². The first kappa shape index (κ1) is 16.7. The predicted octanol–water partition coefficient (Wildman–Crippen LogP) is 3.27. The first-order valence-electron chi connectivity index (χ1n) is 8.08. The van der Waals surface area contributed by atoms with Gasteiger partial charge in [0.2, 0.25) is 5.91 Å². The van der Waals surface area contributed by atoms with Gasteiger partial charge in [-0.2, -0.15) is 0 Å². The summed E-state index contributed by atoms with van der Waals surface area (Å²) in [7, 11) is 0. The van der Waals surface area contributed by atoms with Gasteiger partial charge in [0.05, 0.1) is 28.0 Å². The maximum absolute atomic E-state index is 12.5. The molecule has 130 valence electrons. The maximum Gasteiger partial charge on any atom is 0.248 e. The number of piperazine rings is 1. The van der Waals surface area contributed by atoms with Crippen molar-refractivity contribution in [3.63, 3.8) is 0 Å². The van der Waals surface area contributed by atoms with Crippen molar-refractivity contribution < 1.29 is 9.53 Å². The molecule has 25 heavy (non-hydrogen) atoms. The minimum absolute atomic E-state index is 0.0774. The van der Waals surface area contributed by atoms with E-state index in [2.05, 4.69) is 10.6 Å². The fourth-order valence-electron chi connectivity index (χ4n) is 3.27. The summed E-state index contributed by atoms with van der Waals surface area (Å²) < 4.78 is 6.12. The fourth-order valence-corrected chi connectivity index (χ4v) is 3.69. The van der Waals surface area contributed by atoms with Gasteiger partial charge in [-0.15, -0.1) is 0 Å². The van der Waals surface area contributed by atoms with E-state index in [0.29, 0.717) is 35.4 Å². The van der Waals surface area contributed by atoms with Crippen LogP contribution in [0.4, 0.5) is 11.4 Å². The van der Waals surface area contributed by atoms with Crippen molar-refractivity contribution in [3.8, 4) is 0 Å². The molecular formula is C18H17Cl2N3O2. The second-order valence-corrected chi connectivity index (χ2v) is 6.86. The Labute approximate surface area is 155 Å². The van der Waals surface area contributed by atoms with Crippen LogP contribution in [0.2, 0.25) is 10.0 Å². The molecule has 1 fully saturated rings. The van der Waals surface area contributed by atoms with Gasteiger partial charge in [0.1, 0.15) is 12.3 Å². The summed E-state index contributed by atoms with van der Waals surface area (Å²) in [6.45, 7) is 1.57. The quantitative estimate of drug-likeness (QED) is 0.861. The Morgan fingerprint density at radius 1 is 1.12 bits per heavy atom. The lowest BCUT2D eigenvalue weighted by Crippen LogP contribution is -2.64. The van der Waals surface area contributed by atoms with Crippen LogP contribution in [0.15, 0.2) is 42.5 Å². The number of nitrogens with one attached hydrogen (secondary N) is 2. The Balaban J connectivity index is 1.66. The highest BCUT2D eigenvalue weighted by Crippen LogP contribution is 2.43. The molecule has 0 spiro atoms. The van der Waals surface area contributed by atoms with Gasteiger partial charge < -0.3 is 20.3 Å². The van der Waals surface area contributed by atoms with Crippen molar-refractivity contribution in [1.29, 1.82) is 0 Å². The molecule has 1 amide bonds. The molecule has 0 saturated carbocycles. The normalized spacial score (nSPS) is 22.2. The van der Waals surface area contributed by atoms with Crippen LogP contribution in [0.1, 0.15) is 5.56 Å². The monoisotopic (exact) mass is 377 g/mol. The van der Waals surface area contributed by atoms with Crippen molar-refractivity contribution in [2.45, 2.75) is 18.9 Å². The van der Waals surface area contributed by atoms with Crippen molar-refractivity contribution in [2.75, 3.05) is 23.3 Å². The van der Waals surface area contributed by atoms with Gasteiger partial charge in [0.15, 0.2) is 0 Å². The molecule has 2 aromatic carbocycles. The van der Waals surface area contributed by atoms with Gasteiger partial charge in [-0.3, -0.25) is 4.79 Å². The van der Waals surface area contributed by atoms with E-state index in [1.54, 1.807) is 12.1 Å². The molecule has 2 N–H and O–H groups in total. The van der Waals surface area contributed by atoms with Crippen molar-refractivity contribution in [2.24, 2.45) is 0 Å². The van der Waals surface area contributed by atoms with Crippen LogP contribution in [0.3, 0.4) is 0 Å². The highest BCUT2D eigenvalue weighted by Gasteiger charge is 2.41. The van der Waals surface area contributed by atoms with E-state index in [1.165, 1.54) is 0 Å². The van der Waals surface area contributed by atoms with Gasteiger partial charge in [0.25, 0.3) is 0 Å². The van der Waals surface area contributed by atoms with E-state index in [1.807, 2.05) is 35.2 Å². The molecule has 2 aliphatic rings. The molecule has 4 rings (SSSR count). The largest absolute Gasteiger partial charge is 0.352 e.